The molecule has 1 aliphatic heterocycles. The van der Waals surface area contributed by atoms with Gasteiger partial charge in [-0.25, -0.2) is 0 Å². The number of ketones is 1. The first kappa shape index (κ1) is 13.8. The van der Waals surface area contributed by atoms with E-state index in [9.17, 15) is 9.90 Å². The van der Waals surface area contributed by atoms with E-state index in [-0.39, 0.29) is 25.7 Å². The molecule has 0 atom stereocenters. The highest BCUT2D eigenvalue weighted by Gasteiger charge is 2.25. The van der Waals surface area contributed by atoms with E-state index in [2.05, 4.69) is 0 Å². The minimum Gasteiger partial charge on any atom is -0.454 e. The molecule has 0 bridgehead atoms. The Morgan fingerprint density at radius 1 is 1.37 bits per heavy atom. The Balaban J connectivity index is 2.08. The van der Waals surface area contributed by atoms with E-state index in [1.807, 2.05) is 25.8 Å². The largest absolute Gasteiger partial charge is 0.454 e. The standard InChI is InChI=1S/C14H19NO4/c1-14(2,8-16)15(3)7-11(17)10-4-5-12-13(6-10)19-9-18-12/h4-6,16H,7-9H2,1-3H3. The van der Waals surface area contributed by atoms with Crippen molar-refractivity contribution in [2.75, 3.05) is 27.0 Å². The van der Waals surface area contributed by atoms with Crippen LogP contribution in [0.3, 0.4) is 0 Å². The summed E-state index contributed by atoms with van der Waals surface area (Å²) in [5, 5.41) is 9.29. The van der Waals surface area contributed by atoms with Crippen molar-refractivity contribution in [3.63, 3.8) is 0 Å². The predicted octanol–water partition coefficient (Wildman–Crippen LogP) is 1.30. The smallest absolute Gasteiger partial charge is 0.231 e. The van der Waals surface area contributed by atoms with E-state index in [4.69, 9.17) is 9.47 Å². The molecule has 1 N–H and O–H groups in total. The molecule has 0 saturated heterocycles. The van der Waals surface area contributed by atoms with Gasteiger partial charge in [0.2, 0.25) is 6.79 Å². The lowest BCUT2D eigenvalue weighted by Crippen LogP contribution is -2.46. The number of aliphatic hydroxyl groups is 1. The highest BCUT2D eigenvalue weighted by molar-refractivity contribution is 5.98. The molecule has 1 aliphatic rings. The number of likely N-dealkylation sites (N-methyl/N-ethyl adjacent to an activating group) is 1. The molecule has 1 heterocycles. The third-order valence-corrected chi connectivity index (χ3v) is 3.50. The van der Waals surface area contributed by atoms with Crippen molar-refractivity contribution in [2.24, 2.45) is 0 Å². The third kappa shape index (κ3) is 2.88. The monoisotopic (exact) mass is 265 g/mol. The Labute approximate surface area is 112 Å². The second kappa shape index (κ2) is 5.19. The average molecular weight is 265 g/mol. The zero-order valence-corrected chi connectivity index (χ0v) is 11.5. The van der Waals surface area contributed by atoms with Crippen LogP contribution in [-0.4, -0.2) is 48.3 Å². The molecule has 0 radical (unpaired) electrons. The van der Waals surface area contributed by atoms with Gasteiger partial charge in [0.15, 0.2) is 17.3 Å². The molecular weight excluding hydrogens is 246 g/mol. The fourth-order valence-corrected chi connectivity index (χ4v) is 1.71. The zero-order valence-electron chi connectivity index (χ0n) is 11.5. The first-order valence-electron chi connectivity index (χ1n) is 6.19. The molecule has 104 valence electrons. The number of carbonyl (C=O) groups excluding carboxylic acids is 1. The summed E-state index contributed by atoms with van der Waals surface area (Å²) in [6, 6.07) is 5.17. The Morgan fingerprint density at radius 2 is 2.05 bits per heavy atom. The fraction of sp³-hybridized carbons (Fsp3) is 0.500. The maximum absolute atomic E-state index is 12.2. The van der Waals surface area contributed by atoms with Gasteiger partial charge in [0.1, 0.15) is 0 Å². The first-order valence-corrected chi connectivity index (χ1v) is 6.19. The van der Waals surface area contributed by atoms with Gasteiger partial charge in [-0.15, -0.1) is 0 Å². The molecule has 0 fully saturated rings. The van der Waals surface area contributed by atoms with Crippen molar-refractivity contribution in [1.82, 2.24) is 4.90 Å². The molecule has 5 nitrogen and oxygen atoms in total. The van der Waals surface area contributed by atoms with Gasteiger partial charge < -0.3 is 14.6 Å². The summed E-state index contributed by atoms with van der Waals surface area (Å²) in [5.41, 5.74) is 0.163. The molecule has 0 unspecified atom stereocenters. The van der Waals surface area contributed by atoms with E-state index in [0.717, 1.165) is 0 Å². The van der Waals surface area contributed by atoms with Crippen molar-refractivity contribution >= 4 is 5.78 Å². The summed E-state index contributed by atoms with van der Waals surface area (Å²) in [4.78, 5) is 14.0. The van der Waals surface area contributed by atoms with Crippen LogP contribution in [0, 0.1) is 0 Å². The van der Waals surface area contributed by atoms with Crippen LogP contribution in [0.25, 0.3) is 0 Å². The van der Waals surface area contributed by atoms with E-state index < -0.39 is 5.54 Å². The van der Waals surface area contributed by atoms with Crippen LogP contribution in [0.1, 0.15) is 24.2 Å². The van der Waals surface area contributed by atoms with E-state index in [1.165, 1.54) is 0 Å². The Kier molecular flexibility index (Phi) is 3.78. The van der Waals surface area contributed by atoms with Crippen molar-refractivity contribution < 1.29 is 19.4 Å². The summed E-state index contributed by atoms with van der Waals surface area (Å²) in [6.45, 7) is 4.22. The first-order chi connectivity index (χ1) is 8.94. The second-order valence-corrected chi connectivity index (χ2v) is 5.32. The number of hydrogen-bond donors (Lipinski definition) is 1. The minimum absolute atomic E-state index is 0.00206. The number of carbonyl (C=O) groups is 1. The van der Waals surface area contributed by atoms with Crippen LogP contribution < -0.4 is 9.47 Å². The molecule has 0 spiro atoms. The summed E-state index contributed by atoms with van der Waals surface area (Å²) < 4.78 is 10.5. The van der Waals surface area contributed by atoms with Crippen LogP contribution in [-0.2, 0) is 0 Å². The van der Waals surface area contributed by atoms with E-state index >= 15 is 0 Å². The number of ether oxygens (including phenoxy) is 2. The summed E-state index contributed by atoms with van der Waals surface area (Å²) in [7, 11) is 1.82. The van der Waals surface area contributed by atoms with Crippen molar-refractivity contribution in [1.29, 1.82) is 0 Å². The van der Waals surface area contributed by atoms with Gasteiger partial charge >= 0.3 is 0 Å². The molecule has 5 heteroatoms. The SMILES string of the molecule is CN(CC(=O)c1ccc2c(c1)OCO2)C(C)(C)CO. The molecule has 0 amide bonds. The van der Waals surface area contributed by atoms with Gasteiger partial charge in [0.25, 0.3) is 0 Å². The van der Waals surface area contributed by atoms with Crippen molar-refractivity contribution in [2.45, 2.75) is 19.4 Å². The fourth-order valence-electron chi connectivity index (χ4n) is 1.71. The van der Waals surface area contributed by atoms with Gasteiger partial charge in [-0.05, 0) is 39.1 Å². The molecule has 1 aromatic carbocycles. The Hall–Kier alpha value is -1.59. The van der Waals surface area contributed by atoms with Crippen LogP contribution >= 0.6 is 0 Å². The number of rotatable bonds is 5. The maximum atomic E-state index is 12.2. The normalized spacial score (nSPS) is 13.9. The third-order valence-electron chi connectivity index (χ3n) is 3.50. The lowest BCUT2D eigenvalue weighted by molar-refractivity contribution is 0.0659. The lowest BCUT2D eigenvalue weighted by Gasteiger charge is -2.33. The van der Waals surface area contributed by atoms with Crippen molar-refractivity contribution in [3.8, 4) is 11.5 Å². The highest BCUT2D eigenvalue weighted by atomic mass is 16.7. The molecule has 0 saturated carbocycles. The van der Waals surface area contributed by atoms with E-state index in [0.29, 0.717) is 17.1 Å². The number of benzene rings is 1. The quantitative estimate of drug-likeness (QED) is 0.813. The lowest BCUT2D eigenvalue weighted by atomic mass is 10.0. The molecule has 1 aromatic rings. The highest BCUT2D eigenvalue weighted by Crippen LogP contribution is 2.32. The van der Waals surface area contributed by atoms with Crippen LogP contribution in [0.4, 0.5) is 0 Å². The van der Waals surface area contributed by atoms with Gasteiger partial charge in [-0.3, -0.25) is 9.69 Å². The number of aliphatic hydroxyl groups excluding tert-OH is 1. The molecule has 0 aliphatic carbocycles. The van der Waals surface area contributed by atoms with Gasteiger partial charge in [-0.1, -0.05) is 0 Å². The Bertz CT molecular complexity index is 484. The number of Topliss-reactive ketones (excluding diaryl/α,β-unsaturated/α-hetero) is 1. The molecule has 19 heavy (non-hydrogen) atoms. The number of hydrogen-bond acceptors (Lipinski definition) is 5. The summed E-state index contributed by atoms with van der Waals surface area (Å²) >= 11 is 0. The van der Waals surface area contributed by atoms with Crippen LogP contribution in [0.2, 0.25) is 0 Å². The van der Waals surface area contributed by atoms with Gasteiger partial charge in [0.05, 0.1) is 13.2 Å². The topological polar surface area (TPSA) is 59.0 Å². The predicted molar refractivity (Wildman–Crippen MR) is 70.7 cm³/mol. The number of nitrogens with zero attached hydrogens (tertiary/aromatic N) is 1. The molecule has 0 aromatic heterocycles. The second-order valence-electron chi connectivity index (χ2n) is 5.32. The van der Waals surface area contributed by atoms with Gasteiger partial charge in [-0.2, -0.15) is 0 Å². The van der Waals surface area contributed by atoms with Crippen LogP contribution in [0.15, 0.2) is 18.2 Å². The zero-order chi connectivity index (χ0) is 14.0. The van der Waals surface area contributed by atoms with E-state index in [1.54, 1.807) is 18.2 Å². The maximum Gasteiger partial charge on any atom is 0.231 e. The van der Waals surface area contributed by atoms with Gasteiger partial charge in [0, 0.05) is 11.1 Å². The Morgan fingerprint density at radius 3 is 2.74 bits per heavy atom. The average Bonchev–Trinajstić information content (AvgIpc) is 2.85. The summed E-state index contributed by atoms with van der Waals surface area (Å²) in [6.07, 6.45) is 0. The van der Waals surface area contributed by atoms with Crippen LogP contribution in [0.5, 0.6) is 11.5 Å². The molecular formula is C14H19NO4. The molecule has 2 rings (SSSR count). The minimum atomic E-state index is -0.425. The van der Waals surface area contributed by atoms with Crippen molar-refractivity contribution in [3.05, 3.63) is 23.8 Å². The summed E-state index contributed by atoms with van der Waals surface area (Å²) in [5.74, 6) is 1.26. The number of fused-ring (bicyclic) bond motifs is 1.